The molecule has 2 atom stereocenters. The first-order chi connectivity index (χ1) is 16.3. The Morgan fingerprint density at radius 1 is 1.00 bits per heavy atom. The van der Waals surface area contributed by atoms with Crippen molar-refractivity contribution < 1.29 is 0 Å². The number of aromatic nitrogens is 2. The smallest absolute Gasteiger partial charge is 0.174 e. The Morgan fingerprint density at radius 3 is 2.44 bits per heavy atom. The van der Waals surface area contributed by atoms with E-state index in [2.05, 4.69) is 67.7 Å². The standard InChI is InChI=1S/C26H21BrCl2N4S/c1-15-13-20(16(2)32(15)23-11-8-18(28)14-21(23)29)25-24(22-5-3-4-12-30-22)31-26(34)33(25)19-9-6-17(27)7-10-19/h3-14,24-25H,1-2H3,(H,31,34)/t24-,25+/m0/s1. The lowest BCUT2D eigenvalue weighted by Gasteiger charge is -2.28. The third-order valence-electron chi connectivity index (χ3n) is 6.14. The minimum atomic E-state index is -0.119. The van der Waals surface area contributed by atoms with Crippen molar-refractivity contribution in [2.75, 3.05) is 4.90 Å². The number of rotatable bonds is 4. The van der Waals surface area contributed by atoms with Crippen molar-refractivity contribution in [1.29, 1.82) is 0 Å². The molecule has 3 heterocycles. The molecule has 0 saturated carbocycles. The molecule has 4 aromatic rings. The lowest BCUT2D eigenvalue weighted by molar-refractivity contribution is 0.565. The van der Waals surface area contributed by atoms with Crippen molar-refractivity contribution in [2.24, 2.45) is 0 Å². The molecule has 2 aromatic carbocycles. The number of benzene rings is 2. The van der Waals surface area contributed by atoms with E-state index in [0.717, 1.165) is 38.5 Å². The number of halogens is 3. The van der Waals surface area contributed by atoms with Crippen LogP contribution in [0.3, 0.4) is 0 Å². The zero-order valence-corrected chi connectivity index (χ0v) is 22.4. The summed E-state index contributed by atoms with van der Waals surface area (Å²) in [6, 6.07) is 21.7. The van der Waals surface area contributed by atoms with Crippen LogP contribution in [0.2, 0.25) is 10.0 Å². The van der Waals surface area contributed by atoms with Gasteiger partial charge >= 0.3 is 0 Å². The summed E-state index contributed by atoms with van der Waals surface area (Å²) in [6.45, 7) is 4.20. The number of hydrogen-bond acceptors (Lipinski definition) is 2. The Labute approximate surface area is 222 Å². The first kappa shape index (κ1) is 23.4. The van der Waals surface area contributed by atoms with E-state index in [1.165, 1.54) is 0 Å². The molecule has 5 rings (SSSR count). The SMILES string of the molecule is Cc1cc([C@@H]2[C@H](c3ccccn3)NC(=S)N2c2ccc(Br)cc2)c(C)n1-c1ccc(Cl)cc1Cl. The molecule has 1 N–H and O–H groups in total. The molecule has 34 heavy (non-hydrogen) atoms. The average molecular weight is 572 g/mol. The molecule has 0 aliphatic carbocycles. The van der Waals surface area contributed by atoms with Gasteiger partial charge in [0.1, 0.15) is 0 Å². The molecule has 0 radical (unpaired) electrons. The molecule has 1 fully saturated rings. The molecular weight excluding hydrogens is 551 g/mol. The quantitative estimate of drug-likeness (QED) is 0.254. The van der Waals surface area contributed by atoms with Crippen LogP contribution >= 0.6 is 51.3 Å². The summed E-state index contributed by atoms with van der Waals surface area (Å²) < 4.78 is 3.19. The zero-order valence-electron chi connectivity index (χ0n) is 18.5. The third kappa shape index (κ3) is 4.13. The van der Waals surface area contributed by atoms with Crippen LogP contribution in [-0.4, -0.2) is 14.7 Å². The molecule has 1 aliphatic heterocycles. The average Bonchev–Trinajstić information content (AvgIpc) is 3.31. The van der Waals surface area contributed by atoms with Gasteiger partial charge in [0.15, 0.2) is 5.11 Å². The van der Waals surface area contributed by atoms with Crippen LogP contribution in [0.15, 0.2) is 77.4 Å². The second kappa shape index (κ2) is 9.34. The maximum atomic E-state index is 6.60. The summed E-state index contributed by atoms with van der Waals surface area (Å²) in [5, 5.41) is 5.40. The van der Waals surface area contributed by atoms with Gasteiger partial charge < -0.3 is 14.8 Å². The largest absolute Gasteiger partial charge is 0.351 e. The van der Waals surface area contributed by atoms with Gasteiger partial charge in [-0.05, 0) is 92.3 Å². The van der Waals surface area contributed by atoms with Gasteiger partial charge in [0.25, 0.3) is 0 Å². The van der Waals surface area contributed by atoms with Crippen LogP contribution < -0.4 is 10.2 Å². The molecule has 0 bridgehead atoms. The summed E-state index contributed by atoms with van der Waals surface area (Å²) in [4.78, 5) is 6.83. The van der Waals surface area contributed by atoms with E-state index in [0.29, 0.717) is 15.2 Å². The van der Waals surface area contributed by atoms with Crippen molar-refractivity contribution in [3.05, 3.63) is 110 Å². The Kier molecular flexibility index (Phi) is 6.42. The Hall–Kier alpha value is -2.38. The number of hydrogen-bond donors (Lipinski definition) is 1. The molecular formula is C26H21BrCl2N4S. The highest BCUT2D eigenvalue weighted by Gasteiger charge is 2.42. The molecule has 0 spiro atoms. The highest BCUT2D eigenvalue weighted by atomic mass is 79.9. The monoisotopic (exact) mass is 570 g/mol. The maximum absolute atomic E-state index is 6.60. The zero-order chi connectivity index (χ0) is 24.0. The minimum absolute atomic E-state index is 0.102. The lowest BCUT2D eigenvalue weighted by atomic mass is 9.96. The second-order valence-electron chi connectivity index (χ2n) is 8.23. The van der Waals surface area contributed by atoms with Crippen LogP contribution in [0.1, 0.15) is 34.7 Å². The van der Waals surface area contributed by atoms with Crippen LogP contribution in [0.5, 0.6) is 0 Å². The van der Waals surface area contributed by atoms with Crippen molar-refractivity contribution >= 4 is 62.1 Å². The summed E-state index contributed by atoms with van der Waals surface area (Å²) in [7, 11) is 0. The minimum Gasteiger partial charge on any atom is -0.351 e. The van der Waals surface area contributed by atoms with Crippen LogP contribution in [0.4, 0.5) is 5.69 Å². The van der Waals surface area contributed by atoms with E-state index in [1.54, 1.807) is 6.07 Å². The first-order valence-corrected chi connectivity index (χ1v) is 12.7. The molecule has 172 valence electrons. The summed E-state index contributed by atoms with van der Waals surface area (Å²) in [5.74, 6) is 0. The lowest BCUT2D eigenvalue weighted by Crippen LogP contribution is -2.29. The molecule has 1 saturated heterocycles. The molecule has 1 aliphatic rings. The normalized spacial score (nSPS) is 17.8. The highest BCUT2D eigenvalue weighted by Crippen LogP contribution is 2.44. The van der Waals surface area contributed by atoms with Gasteiger partial charge in [0.2, 0.25) is 0 Å². The van der Waals surface area contributed by atoms with Gasteiger partial charge in [-0.1, -0.05) is 45.2 Å². The number of nitrogens with zero attached hydrogens (tertiary/aromatic N) is 3. The van der Waals surface area contributed by atoms with Gasteiger partial charge in [-0.15, -0.1) is 0 Å². The van der Waals surface area contributed by atoms with E-state index in [4.69, 9.17) is 35.4 Å². The summed E-state index contributed by atoms with van der Waals surface area (Å²) in [6.07, 6.45) is 1.82. The summed E-state index contributed by atoms with van der Waals surface area (Å²) >= 11 is 22.2. The van der Waals surface area contributed by atoms with E-state index in [1.807, 2.05) is 48.7 Å². The van der Waals surface area contributed by atoms with E-state index < -0.39 is 0 Å². The van der Waals surface area contributed by atoms with E-state index in [-0.39, 0.29) is 12.1 Å². The van der Waals surface area contributed by atoms with Gasteiger partial charge in [-0.25, -0.2) is 0 Å². The fourth-order valence-corrected chi connectivity index (χ4v) is 5.77. The highest BCUT2D eigenvalue weighted by molar-refractivity contribution is 9.10. The second-order valence-corrected chi connectivity index (χ2v) is 10.4. The number of nitrogens with one attached hydrogen (secondary N) is 1. The van der Waals surface area contributed by atoms with Crippen molar-refractivity contribution in [3.63, 3.8) is 0 Å². The van der Waals surface area contributed by atoms with Crippen molar-refractivity contribution in [3.8, 4) is 5.69 Å². The molecule has 8 heteroatoms. The van der Waals surface area contributed by atoms with Crippen molar-refractivity contribution in [1.82, 2.24) is 14.9 Å². The maximum Gasteiger partial charge on any atom is 0.174 e. The topological polar surface area (TPSA) is 33.1 Å². The summed E-state index contributed by atoms with van der Waals surface area (Å²) in [5.41, 5.74) is 6.15. The molecule has 0 amide bonds. The fourth-order valence-electron chi connectivity index (χ4n) is 4.67. The number of anilines is 1. The molecule has 4 nitrogen and oxygen atoms in total. The number of aryl methyl sites for hydroxylation is 1. The van der Waals surface area contributed by atoms with Crippen LogP contribution in [-0.2, 0) is 0 Å². The van der Waals surface area contributed by atoms with Crippen LogP contribution in [0, 0.1) is 13.8 Å². The molecule has 2 aromatic heterocycles. The van der Waals surface area contributed by atoms with E-state index in [9.17, 15) is 0 Å². The Bertz CT molecular complexity index is 1370. The Balaban J connectivity index is 1.69. The van der Waals surface area contributed by atoms with Crippen LogP contribution in [0.25, 0.3) is 5.69 Å². The van der Waals surface area contributed by atoms with Gasteiger partial charge in [0, 0.05) is 32.8 Å². The number of thiocarbonyl (C=S) groups is 1. The molecule has 0 unspecified atom stereocenters. The van der Waals surface area contributed by atoms with Gasteiger partial charge in [-0.3, -0.25) is 4.98 Å². The predicted octanol–water partition coefficient (Wildman–Crippen LogP) is 7.74. The first-order valence-electron chi connectivity index (χ1n) is 10.8. The number of pyridine rings is 1. The van der Waals surface area contributed by atoms with Gasteiger partial charge in [0.05, 0.1) is 28.5 Å². The fraction of sp³-hybridized carbons (Fsp3) is 0.154. The predicted molar refractivity (Wildman–Crippen MR) is 147 cm³/mol. The third-order valence-corrected chi connectivity index (χ3v) is 7.52. The van der Waals surface area contributed by atoms with Crippen molar-refractivity contribution in [2.45, 2.75) is 25.9 Å². The van der Waals surface area contributed by atoms with Gasteiger partial charge in [-0.2, -0.15) is 0 Å². The Morgan fingerprint density at radius 2 is 1.76 bits per heavy atom. The van der Waals surface area contributed by atoms with E-state index >= 15 is 0 Å².